The van der Waals surface area contributed by atoms with Crippen LogP contribution in [0.3, 0.4) is 0 Å². The van der Waals surface area contributed by atoms with E-state index in [1.54, 1.807) is 0 Å². The minimum absolute atomic E-state index is 0.262. The fraction of sp³-hybridized carbons (Fsp3) is 0.818. The standard InChI is InChI=1S/C22H46O7Si4/c1-30(2,3)27-33(28-31(4,5)6,29-32(7,8)9)18-17-20(19-13-11-10-12-14-19)26-22(25)16-15-21(23)24/h15-16,19-20H,10-14,17-18H2,1-9H3,(H,23,24)/b16-15+. The third kappa shape index (κ3) is 13.8. The summed E-state index contributed by atoms with van der Waals surface area (Å²) >= 11 is 0. The molecule has 33 heavy (non-hydrogen) atoms. The van der Waals surface area contributed by atoms with Crippen LogP contribution in [0, 0.1) is 5.92 Å². The molecule has 0 aliphatic heterocycles. The Labute approximate surface area is 205 Å². The van der Waals surface area contributed by atoms with Gasteiger partial charge in [-0.05, 0) is 84.1 Å². The third-order valence-corrected chi connectivity index (χ3v) is 16.9. The van der Waals surface area contributed by atoms with Crippen molar-refractivity contribution in [2.45, 2.75) is 110 Å². The van der Waals surface area contributed by atoms with Gasteiger partial charge in [0.05, 0.1) is 0 Å². The number of hydrogen-bond acceptors (Lipinski definition) is 6. The molecule has 7 nitrogen and oxygen atoms in total. The van der Waals surface area contributed by atoms with Gasteiger partial charge in [-0.1, -0.05) is 19.3 Å². The molecule has 1 fully saturated rings. The molecule has 0 aromatic heterocycles. The molecular weight excluding hydrogens is 489 g/mol. The van der Waals surface area contributed by atoms with Gasteiger partial charge in [-0.2, -0.15) is 0 Å². The minimum atomic E-state index is -3.03. The second-order valence-corrected chi connectivity index (χ2v) is 28.9. The van der Waals surface area contributed by atoms with Crippen molar-refractivity contribution in [1.29, 1.82) is 0 Å². The van der Waals surface area contributed by atoms with Crippen LogP contribution >= 0.6 is 0 Å². The van der Waals surface area contributed by atoms with Gasteiger partial charge in [0.15, 0.2) is 25.0 Å². The number of hydrogen-bond donors (Lipinski definition) is 1. The third-order valence-electron chi connectivity index (χ3n) is 4.93. The molecule has 0 heterocycles. The number of esters is 1. The lowest BCUT2D eigenvalue weighted by Crippen LogP contribution is -2.60. The Hall–Kier alpha value is -0.572. The van der Waals surface area contributed by atoms with E-state index in [4.69, 9.17) is 22.2 Å². The van der Waals surface area contributed by atoms with E-state index >= 15 is 0 Å². The molecule has 192 valence electrons. The van der Waals surface area contributed by atoms with Gasteiger partial charge in [-0.25, -0.2) is 9.59 Å². The topological polar surface area (TPSA) is 91.3 Å². The van der Waals surface area contributed by atoms with Gasteiger partial charge in [0, 0.05) is 18.2 Å². The van der Waals surface area contributed by atoms with Crippen molar-refractivity contribution in [2.24, 2.45) is 5.92 Å². The van der Waals surface area contributed by atoms with Crippen LogP contribution in [0.15, 0.2) is 12.2 Å². The number of aliphatic carboxylic acids is 1. The number of carbonyl (C=O) groups excluding carboxylic acids is 1. The van der Waals surface area contributed by atoms with Crippen molar-refractivity contribution >= 4 is 45.7 Å². The zero-order valence-electron chi connectivity index (χ0n) is 22.2. The highest BCUT2D eigenvalue weighted by molar-refractivity contribution is 6.90. The van der Waals surface area contributed by atoms with Crippen LogP contribution in [-0.2, 0) is 26.7 Å². The number of carboxylic acids is 1. The van der Waals surface area contributed by atoms with Crippen molar-refractivity contribution in [3.63, 3.8) is 0 Å². The van der Waals surface area contributed by atoms with Gasteiger partial charge < -0.3 is 22.2 Å². The summed E-state index contributed by atoms with van der Waals surface area (Å²) in [6.45, 7) is 19.4. The average Bonchev–Trinajstić information content (AvgIpc) is 2.59. The highest BCUT2D eigenvalue weighted by Gasteiger charge is 2.50. The predicted octanol–water partition coefficient (Wildman–Crippen LogP) is 6.00. The van der Waals surface area contributed by atoms with Crippen LogP contribution in [0.5, 0.6) is 0 Å². The van der Waals surface area contributed by atoms with E-state index in [2.05, 4.69) is 58.9 Å². The van der Waals surface area contributed by atoms with Crippen LogP contribution in [0.1, 0.15) is 38.5 Å². The fourth-order valence-corrected chi connectivity index (χ4v) is 18.8. The van der Waals surface area contributed by atoms with E-state index < -0.39 is 45.7 Å². The summed E-state index contributed by atoms with van der Waals surface area (Å²) in [6, 6.07) is 0.600. The van der Waals surface area contributed by atoms with Crippen LogP contribution in [0.25, 0.3) is 0 Å². The van der Waals surface area contributed by atoms with Gasteiger partial charge in [-0.15, -0.1) is 0 Å². The molecule has 0 aromatic carbocycles. The molecular formula is C22H46O7Si4. The number of ether oxygens (including phenoxy) is 1. The summed E-state index contributed by atoms with van der Waals surface area (Å²) < 4.78 is 26.1. The van der Waals surface area contributed by atoms with Crippen LogP contribution < -0.4 is 0 Å². The summed E-state index contributed by atoms with van der Waals surface area (Å²) in [5, 5.41) is 8.85. The normalized spacial score (nSPS) is 17.8. The Morgan fingerprint density at radius 3 is 1.67 bits per heavy atom. The lowest BCUT2D eigenvalue weighted by Gasteiger charge is -2.43. The van der Waals surface area contributed by atoms with Crippen molar-refractivity contribution in [2.75, 3.05) is 0 Å². The average molecular weight is 535 g/mol. The van der Waals surface area contributed by atoms with Gasteiger partial charge >= 0.3 is 20.7 Å². The lowest BCUT2D eigenvalue weighted by atomic mass is 9.84. The first-order valence-corrected chi connectivity index (χ1v) is 24.3. The van der Waals surface area contributed by atoms with Crippen molar-refractivity contribution in [1.82, 2.24) is 0 Å². The Morgan fingerprint density at radius 1 is 0.818 bits per heavy atom. The number of rotatable bonds is 13. The molecule has 1 rings (SSSR count). The van der Waals surface area contributed by atoms with Gasteiger partial charge in [0.1, 0.15) is 6.10 Å². The summed E-state index contributed by atoms with van der Waals surface area (Å²) in [4.78, 5) is 23.2. The fourth-order valence-electron chi connectivity index (χ4n) is 4.16. The van der Waals surface area contributed by atoms with E-state index in [0.29, 0.717) is 12.5 Å². The van der Waals surface area contributed by atoms with Gasteiger partial charge in [0.2, 0.25) is 0 Å². The highest BCUT2D eigenvalue weighted by Crippen LogP contribution is 2.35. The molecule has 0 spiro atoms. The zero-order chi connectivity index (χ0) is 25.5. The summed E-state index contributed by atoms with van der Waals surface area (Å²) in [5.74, 6) is -1.51. The first-order chi connectivity index (χ1) is 14.9. The van der Waals surface area contributed by atoms with Crippen LogP contribution in [0.2, 0.25) is 65.0 Å². The Kier molecular flexibility index (Phi) is 11.5. The second kappa shape index (κ2) is 12.4. The highest BCUT2D eigenvalue weighted by atomic mass is 28.5. The molecule has 1 unspecified atom stereocenters. The van der Waals surface area contributed by atoms with Crippen LogP contribution in [0.4, 0.5) is 0 Å². The smallest absolute Gasteiger partial charge is 0.469 e. The number of carboxylic acid groups (broad SMARTS) is 1. The Morgan fingerprint density at radius 2 is 1.27 bits per heavy atom. The Balaban J connectivity index is 3.21. The van der Waals surface area contributed by atoms with E-state index in [-0.39, 0.29) is 12.0 Å². The van der Waals surface area contributed by atoms with Gasteiger partial charge in [-0.3, -0.25) is 0 Å². The van der Waals surface area contributed by atoms with Crippen molar-refractivity contribution in [3.05, 3.63) is 12.2 Å². The molecule has 1 atom stereocenters. The molecule has 0 bridgehead atoms. The van der Waals surface area contributed by atoms with E-state index in [1.165, 1.54) is 6.42 Å². The Bertz CT molecular complexity index is 631. The molecule has 1 saturated carbocycles. The summed E-state index contributed by atoms with van der Waals surface area (Å²) in [6.07, 6.45) is 7.58. The molecule has 1 aliphatic carbocycles. The SMILES string of the molecule is C[Si](C)(C)O[Si](CCC(OC(=O)/C=C/C(=O)O)C1CCCCC1)(O[Si](C)(C)C)O[Si](C)(C)C. The maximum atomic E-state index is 12.4. The maximum absolute atomic E-state index is 12.4. The summed E-state index contributed by atoms with van der Waals surface area (Å²) in [7, 11) is -9.00. The zero-order valence-corrected chi connectivity index (χ0v) is 26.2. The van der Waals surface area contributed by atoms with Gasteiger partial charge in [0.25, 0.3) is 0 Å². The molecule has 1 aliphatic rings. The molecule has 0 aromatic rings. The number of carbonyl (C=O) groups is 2. The first kappa shape index (κ1) is 30.5. The van der Waals surface area contributed by atoms with Crippen LogP contribution in [-0.4, -0.2) is 56.9 Å². The van der Waals surface area contributed by atoms with E-state index in [0.717, 1.165) is 37.8 Å². The molecule has 0 saturated heterocycles. The molecule has 1 N–H and O–H groups in total. The predicted molar refractivity (Wildman–Crippen MR) is 142 cm³/mol. The van der Waals surface area contributed by atoms with E-state index in [1.807, 2.05) is 0 Å². The molecule has 11 heteroatoms. The maximum Gasteiger partial charge on any atom is 0.469 e. The second-order valence-electron chi connectivity index (χ2n) is 11.9. The van der Waals surface area contributed by atoms with Crippen molar-refractivity contribution in [3.8, 4) is 0 Å². The minimum Gasteiger partial charge on any atom is -0.478 e. The molecule has 0 radical (unpaired) electrons. The largest absolute Gasteiger partial charge is 0.478 e. The summed E-state index contributed by atoms with van der Waals surface area (Å²) in [5.41, 5.74) is 0. The lowest BCUT2D eigenvalue weighted by molar-refractivity contribution is -0.147. The quantitative estimate of drug-likeness (QED) is 0.176. The van der Waals surface area contributed by atoms with Crippen molar-refractivity contribution < 1.29 is 31.8 Å². The first-order valence-electron chi connectivity index (χ1n) is 12.1. The van der Waals surface area contributed by atoms with E-state index in [9.17, 15) is 9.59 Å². The molecule has 0 amide bonds. The monoisotopic (exact) mass is 534 g/mol.